The minimum Gasteiger partial charge on any atom is -0.380 e. The molecule has 0 aromatic heterocycles. The first-order chi connectivity index (χ1) is 12.6. The van der Waals surface area contributed by atoms with Gasteiger partial charge in [0.25, 0.3) is 5.91 Å². The van der Waals surface area contributed by atoms with Crippen LogP contribution in [-0.4, -0.2) is 56.0 Å². The van der Waals surface area contributed by atoms with Gasteiger partial charge in [-0.3, -0.25) is 9.69 Å². The summed E-state index contributed by atoms with van der Waals surface area (Å²) in [4.78, 5) is 17.2. The van der Waals surface area contributed by atoms with Crippen molar-refractivity contribution in [2.24, 2.45) is 0 Å². The summed E-state index contributed by atoms with van der Waals surface area (Å²) in [6.45, 7) is 5.97. The summed E-state index contributed by atoms with van der Waals surface area (Å²) in [5.74, 6) is -0.0965. The van der Waals surface area contributed by atoms with Gasteiger partial charge in [-0.2, -0.15) is 0 Å². The molecule has 1 fully saturated rings. The van der Waals surface area contributed by atoms with E-state index in [2.05, 4.69) is 34.3 Å². The molecule has 1 amide bonds. The summed E-state index contributed by atoms with van der Waals surface area (Å²) in [5, 5.41) is 2.96. The minimum absolute atomic E-state index is 0.0965. The third-order valence-corrected chi connectivity index (χ3v) is 4.74. The van der Waals surface area contributed by atoms with Crippen molar-refractivity contribution in [3.63, 3.8) is 0 Å². The number of nitrogens with one attached hydrogen (secondary N) is 1. The number of carbonyl (C=O) groups excluding carboxylic acids is 1. The molecule has 26 heavy (non-hydrogen) atoms. The maximum Gasteiger partial charge on any atom is 0.255 e. The molecule has 0 unspecified atom stereocenters. The average molecular weight is 353 g/mol. The van der Waals surface area contributed by atoms with Crippen molar-refractivity contribution in [2.75, 3.05) is 45.7 Å². The number of likely N-dealkylation sites (N-methyl/N-ethyl adjacent to an activating group) is 1. The number of anilines is 1. The number of nitrogens with zero attached hydrogens (tertiary/aromatic N) is 2. The molecule has 2 aromatic carbocycles. The third kappa shape index (κ3) is 5.14. The third-order valence-electron chi connectivity index (χ3n) is 4.74. The summed E-state index contributed by atoms with van der Waals surface area (Å²) in [6.07, 6.45) is 0. The number of carbonyl (C=O) groups is 1. The largest absolute Gasteiger partial charge is 0.380 e. The topological polar surface area (TPSA) is 44.8 Å². The van der Waals surface area contributed by atoms with Gasteiger partial charge in [0.15, 0.2) is 0 Å². The summed E-state index contributed by atoms with van der Waals surface area (Å²) < 4.78 is 5.09. The highest BCUT2D eigenvalue weighted by Crippen LogP contribution is 2.14. The molecule has 1 N–H and O–H groups in total. The van der Waals surface area contributed by atoms with E-state index in [1.165, 1.54) is 5.56 Å². The number of rotatable bonds is 6. The molecule has 1 aliphatic rings. The van der Waals surface area contributed by atoms with E-state index < -0.39 is 0 Å². The maximum atomic E-state index is 12.4. The Labute approximate surface area is 155 Å². The first-order valence-corrected chi connectivity index (χ1v) is 9.03. The highest BCUT2D eigenvalue weighted by molar-refractivity contribution is 6.04. The number of ether oxygens (including phenoxy) is 1. The molecule has 0 atom stereocenters. The van der Waals surface area contributed by atoms with Crippen molar-refractivity contribution >= 4 is 11.6 Å². The number of piperazine rings is 1. The van der Waals surface area contributed by atoms with E-state index >= 15 is 0 Å². The fourth-order valence-corrected chi connectivity index (χ4v) is 3.08. The lowest BCUT2D eigenvalue weighted by Gasteiger charge is -2.32. The van der Waals surface area contributed by atoms with E-state index in [1.54, 1.807) is 7.11 Å². The van der Waals surface area contributed by atoms with Crippen molar-refractivity contribution in [3.05, 3.63) is 65.2 Å². The van der Waals surface area contributed by atoms with Crippen LogP contribution in [-0.2, 0) is 17.9 Å². The summed E-state index contributed by atoms with van der Waals surface area (Å²) >= 11 is 0. The standard InChI is InChI=1S/C21H27N3O2/c1-23-11-13-24(14-12-23)15-17-5-9-20(10-6-17)22-21(25)19-7-3-18(4-8-19)16-26-2/h3-10H,11-16H2,1-2H3,(H,22,25). The Morgan fingerprint density at radius 2 is 1.58 bits per heavy atom. The van der Waals surface area contributed by atoms with Gasteiger partial charge in [-0.1, -0.05) is 24.3 Å². The zero-order chi connectivity index (χ0) is 18.4. The van der Waals surface area contributed by atoms with Crippen LogP contribution in [0.3, 0.4) is 0 Å². The van der Waals surface area contributed by atoms with Crippen LogP contribution >= 0.6 is 0 Å². The lowest BCUT2D eigenvalue weighted by atomic mass is 10.1. The molecule has 0 aliphatic carbocycles. The Morgan fingerprint density at radius 1 is 0.962 bits per heavy atom. The number of hydrogen-bond acceptors (Lipinski definition) is 4. The van der Waals surface area contributed by atoms with Crippen molar-refractivity contribution in [3.8, 4) is 0 Å². The van der Waals surface area contributed by atoms with Crippen molar-refractivity contribution < 1.29 is 9.53 Å². The van der Waals surface area contributed by atoms with E-state index in [-0.39, 0.29) is 5.91 Å². The van der Waals surface area contributed by atoms with Crippen LogP contribution in [0, 0.1) is 0 Å². The fraction of sp³-hybridized carbons (Fsp3) is 0.381. The molecule has 5 nitrogen and oxygen atoms in total. The molecule has 0 bridgehead atoms. The SMILES string of the molecule is COCc1ccc(C(=O)Nc2ccc(CN3CCN(C)CC3)cc2)cc1. The van der Waals surface area contributed by atoms with Crippen LogP contribution in [0.1, 0.15) is 21.5 Å². The second-order valence-corrected chi connectivity index (χ2v) is 6.86. The second kappa shape index (κ2) is 8.94. The predicted octanol–water partition coefficient (Wildman–Crippen LogP) is 2.83. The molecule has 2 aromatic rings. The minimum atomic E-state index is -0.0965. The number of hydrogen-bond donors (Lipinski definition) is 1. The van der Waals surface area contributed by atoms with Gasteiger partial charge >= 0.3 is 0 Å². The average Bonchev–Trinajstić information content (AvgIpc) is 2.66. The fourth-order valence-electron chi connectivity index (χ4n) is 3.08. The van der Waals surface area contributed by atoms with Gasteiger partial charge in [0, 0.05) is 51.1 Å². The van der Waals surface area contributed by atoms with Gasteiger partial charge in [-0.05, 0) is 42.4 Å². The van der Waals surface area contributed by atoms with Crippen LogP contribution in [0.25, 0.3) is 0 Å². The first-order valence-electron chi connectivity index (χ1n) is 9.03. The summed E-state index contributed by atoms with van der Waals surface area (Å²) in [6, 6.07) is 15.6. The van der Waals surface area contributed by atoms with Gasteiger partial charge in [0.05, 0.1) is 6.61 Å². The molecular formula is C21H27N3O2. The van der Waals surface area contributed by atoms with Crippen LogP contribution in [0.5, 0.6) is 0 Å². The van der Waals surface area contributed by atoms with E-state index in [0.717, 1.165) is 44.0 Å². The lowest BCUT2D eigenvalue weighted by molar-refractivity contribution is 0.102. The smallest absolute Gasteiger partial charge is 0.255 e. The molecule has 0 radical (unpaired) electrons. The predicted molar refractivity (Wildman–Crippen MR) is 104 cm³/mol. The normalized spacial score (nSPS) is 15.8. The Kier molecular flexibility index (Phi) is 6.39. The zero-order valence-electron chi connectivity index (χ0n) is 15.6. The van der Waals surface area contributed by atoms with Crippen LogP contribution < -0.4 is 5.32 Å². The molecule has 0 saturated carbocycles. The molecule has 5 heteroatoms. The zero-order valence-corrected chi connectivity index (χ0v) is 15.6. The van der Waals surface area contributed by atoms with Crippen LogP contribution in [0.2, 0.25) is 0 Å². The maximum absolute atomic E-state index is 12.4. The molecule has 1 heterocycles. The summed E-state index contributed by atoms with van der Waals surface area (Å²) in [7, 11) is 3.83. The van der Waals surface area contributed by atoms with E-state index in [0.29, 0.717) is 12.2 Å². The Hall–Kier alpha value is -2.21. The van der Waals surface area contributed by atoms with Crippen LogP contribution in [0.15, 0.2) is 48.5 Å². The van der Waals surface area contributed by atoms with Crippen molar-refractivity contribution in [1.82, 2.24) is 9.80 Å². The van der Waals surface area contributed by atoms with E-state index in [1.807, 2.05) is 36.4 Å². The Balaban J connectivity index is 1.54. The Morgan fingerprint density at radius 3 is 2.19 bits per heavy atom. The van der Waals surface area contributed by atoms with Gasteiger partial charge in [0.2, 0.25) is 0 Å². The molecular weight excluding hydrogens is 326 g/mol. The highest BCUT2D eigenvalue weighted by atomic mass is 16.5. The lowest BCUT2D eigenvalue weighted by Crippen LogP contribution is -2.43. The van der Waals surface area contributed by atoms with Crippen LogP contribution in [0.4, 0.5) is 5.69 Å². The van der Waals surface area contributed by atoms with Gasteiger partial charge in [0.1, 0.15) is 0 Å². The summed E-state index contributed by atoms with van der Waals surface area (Å²) in [5.41, 5.74) is 3.79. The molecule has 0 spiro atoms. The number of methoxy groups -OCH3 is 1. The van der Waals surface area contributed by atoms with Gasteiger partial charge < -0.3 is 15.0 Å². The second-order valence-electron chi connectivity index (χ2n) is 6.86. The molecule has 3 rings (SSSR count). The number of benzene rings is 2. The quantitative estimate of drug-likeness (QED) is 0.867. The monoisotopic (exact) mass is 353 g/mol. The number of amides is 1. The van der Waals surface area contributed by atoms with E-state index in [4.69, 9.17) is 4.74 Å². The Bertz CT molecular complexity index is 705. The molecule has 1 saturated heterocycles. The van der Waals surface area contributed by atoms with Gasteiger partial charge in [-0.25, -0.2) is 0 Å². The van der Waals surface area contributed by atoms with E-state index in [9.17, 15) is 4.79 Å². The first kappa shape index (κ1) is 18.6. The highest BCUT2D eigenvalue weighted by Gasteiger charge is 2.13. The van der Waals surface area contributed by atoms with Gasteiger partial charge in [-0.15, -0.1) is 0 Å². The molecule has 138 valence electrons. The van der Waals surface area contributed by atoms with Crippen molar-refractivity contribution in [1.29, 1.82) is 0 Å². The molecule has 1 aliphatic heterocycles. The van der Waals surface area contributed by atoms with Crippen molar-refractivity contribution in [2.45, 2.75) is 13.2 Å².